The molecule has 3 aliphatic rings. The molecule has 2 N–H and O–H groups in total. The van der Waals surface area contributed by atoms with Crippen LogP contribution in [0.5, 0.6) is 5.75 Å². The molecular formula is C37H52N6O7. The third-order valence-corrected chi connectivity index (χ3v) is 10.2. The van der Waals surface area contributed by atoms with Crippen molar-refractivity contribution in [2.45, 2.75) is 97.2 Å². The molecule has 0 radical (unpaired) electrons. The van der Waals surface area contributed by atoms with Gasteiger partial charge in [0, 0.05) is 50.2 Å². The van der Waals surface area contributed by atoms with Gasteiger partial charge in [-0.05, 0) is 69.1 Å². The molecule has 2 aromatic rings. The molecule has 3 atom stereocenters. The Morgan fingerprint density at radius 1 is 0.960 bits per heavy atom. The Morgan fingerprint density at radius 2 is 1.70 bits per heavy atom. The summed E-state index contributed by atoms with van der Waals surface area (Å²) in [5, 5.41) is 6.64. The van der Waals surface area contributed by atoms with Crippen LogP contribution in [0.1, 0.15) is 88.2 Å². The molecule has 1 unspecified atom stereocenters. The van der Waals surface area contributed by atoms with Crippen LogP contribution in [0.15, 0.2) is 24.3 Å². The number of aryl methyl sites for hydroxylation is 1. The topological polar surface area (TPSA) is 150 Å². The monoisotopic (exact) mass is 692 g/mol. The van der Waals surface area contributed by atoms with Gasteiger partial charge in [-0.3, -0.25) is 19.2 Å². The molecule has 5 rings (SSSR count). The Bertz CT molecular complexity index is 1550. The molecule has 1 saturated carbocycles. The first-order chi connectivity index (χ1) is 24.1. The minimum atomic E-state index is -0.810. The van der Waals surface area contributed by atoms with Crippen LogP contribution in [0.25, 0.3) is 10.9 Å². The molecule has 3 heterocycles. The van der Waals surface area contributed by atoms with Gasteiger partial charge in [-0.1, -0.05) is 39.7 Å². The maximum Gasteiger partial charge on any atom is 0.409 e. The van der Waals surface area contributed by atoms with Crippen LogP contribution in [0.3, 0.4) is 0 Å². The number of benzene rings is 1. The lowest BCUT2D eigenvalue weighted by atomic mass is 9.93. The van der Waals surface area contributed by atoms with Crippen LogP contribution >= 0.6 is 0 Å². The molecule has 3 fully saturated rings. The number of hydrogen-bond donors (Lipinski definition) is 2. The van der Waals surface area contributed by atoms with E-state index in [2.05, 4.69) is 15.6 Å². The normalized spacial score (nSPS) is 19.0. The largest absolute Gasteiger partial charge is 0.483 e. The number of carbonyl (C=O) groups is 5. The lowest BCUT2D eigenvalue weighted by Crippen LogP contribution is -2.57. The van der Waals surface area contributed by atoms with Crippen LogP contribution in [-0.4, -0.2) is 113 Å². The molecule has 272 valence electrons. The SMILES string of the molecule is CCCCOC(=O)N1CCN(C(=O)[C@@H](NC(=O)c2cc(OCC(=O)N3CCCC3C(=O)NC3CCC3)c3ccc(C)cc3n2)[C@H](C)CC)CC1. The number of hydrogen-bond acceptors (Lipinski definition) is 8. The summed E-state index contributed by atoms with van der Waals surface area (Å²) in [5.41, 5.74) is 1.51. The van der Waals surface area contributed by atoms with E-state index in [1.54, 1.807) is 14.7 Å². The average molecular weight is 693 g/mol. The number of unbranched alkanes of at least 4 members (excludes halogenated alkanes) is 1. The summed E-state index contributed by atoms with van der Waals surface area (Å²) in [6.45, 7) is 9.77. The first-order valence-electron chi connectivity index (χ1n) is 18.2. The van der Waals surface area contributed by atoms with E-state index in [1.807, 2.05) is 45.9 Å². The summed E-state index contributed by atoms with van der Waals surface area (Å²) in [6.07, 6.45) is 6.42. The molecule has 0 spiro atoms. The maximum atomic E-state index is 13.8. The summed E-state index contributed by atoms with van der Waals surface area (Å²) < 4.78 is 11.4. The lowest BCUT2D eigenvalue weighted by Gasteiger charge is -2.37. The number of ether oxygens (including phenoxy) is 2. The van der Waals surface area contributed by atoms with Gasteiger partial charge in [0.05, 0.1) is 12.1 Å². The number of pyridine rings is 1. The van der Waals surface area contributed by atoms with Crippen molar-refractivity contribution in [2.24, 2.45) is 5.92 Å². The van der Waals surface area contributed by atoms with Crippen molar-refractivity contribution < 1.29 is 33.4 Å². The van der Waals surface area contributed by atoms with Crippen molar-refractivity contribution >= 4 is 40.6 Å². The van der Waals surface area contributed by atoms with Crippen LogP contribution in [0.2, 0.25) is 0 Å². The average Bonchev–Trinajstić information content (AvgIpc) is 3.60. The first kappa shape index (κ1) is 36.9. The molecule has 0 bridgehead atoms. The van der Waals surface area contributed by atoms with E-state index in [9.17, 15) is 24.0 Å². The van der Waals surface area contributed by atoms with E-state index < -0.39 is 18.0 Å². The van der Waals surface area contributed by atoms with Gasteiger partial charge in [0.25, 0.3) is 11.8 Å². The highest BCUT2D eigenvalue weighted by molar-refractivity contribution is 5.99. The number of piperazine rings is 1. The number of likely N-dealkylation sites (tertiary alicyclic amines) is 1. The molecule has 5 amide bonds. The fourth-order valence-corrected chi connectivity index (χ4v) is 6.55. The predicted molar refractivity (Wildman–Crippen MR) is 188 cm³/mol. The Balaban J connectivity index is 1.27. The van der Waals surface area contributed by atoms with Crippen molar-refractivity contribution in [1.82, 2.24) is 30.3 Å². The minimum absolute atomic E-state index is 0.0604. The second-order valence-corrected chi connectivity index (χ2v) is 13.8. The zero-order chi connectivity index (χ0) is 35.8. The van der Waals surface area contributed by atoms with Gasteiger partial charge in [0.1, 0.15) is 23.5 Å². The number of nitrogens with zero attached hydrogens (tertiary/aromatic N) is 4. The molecule has 1 aromatic carbocycles. The van der Waals surface area contributed by atoms with E-state index >= 15 is 0 Å². The molecule has 13 nitrogen and oxygen atoms in total. The van der Waals surface area contributed by atoms with E-state index in [1.165, 1.54) is 6.07 Å². The van der Waals surface area contributed by atoms with Gasteiger partial charge in [-0.25, -0.2) is 9.78 Å². The molecule has 2 saturated heterocycles. The summed E-state index contributed by atoms with van der Waals surface area (Å²) in [4.78, 5) is 75.8. The van der Waals surface area contributed by atoms with E-state index in [0.29, 0.717) is 68.8 Å². The quantitative estimate of drug-likeness (QED) is 0.301. The summed E-state index contributed by atoms with van der Waals surface area (Å²) in [5.74, 6) is -1.01. The third kappa shape index (κ3) is 8.83. The fourth-order valence-electron chi connectivity index (χ4n) is 6.55. The molecular weight excluding hydrogens is 640 g/mol. The first-order valence-corrected chi connectivity index (χ1v) is 18.2. The van der Waals surface area contributed by atoms with Crippen LogP contribution in [0, 0.1) is 12.8 Å². The Labute approximate surface area is 294 Å². The highest BCUT2D eigenvalue weighted by atomic mass is 16.6. The molecule has 50 heavy (non-hydrogen) atoms. The van der Waals surface area contributed by atoms with Gasteiger partial charge in [-0.15, -0.1) is 0 Å². The number of fused-ring (bicyclic) bond motifs is 1. The highest BCUT2D eigenvalue weighted by Gasteiger charge is 2.36. The molecule has 1 aliphatic carbocycles. The number of rotatable bonds is 13. The third-order valence-electron chi connectivity index (χ3n) is 10.2. The summed E-state index contributed by atoms with van der Waals surface area (Å²) in [7, 11) is 0. The zero-order valence-corrected chi connectivity index (χ0v) is 29.9. The fraction of sp³-hybridized carbons (Fsp3) is 0.622. The smallest absolute Gasteiger partial charge is 0.409 e. The maximum absolute atomic E-state index is 13.8. The Kier molecular flexibility index (Phi) is 12.5. The van der Waals surface area contributed by atoms with E-state index in [4.69, 9.17) is 9.47 Å². The summed E-state index contributed by atoms with van der Waals surface area (Å²) in [6, 6.07) is 5.96. The highest BCUT2D eigenvalue weighted by Crippen LogP contribution is 2.28. The van der Waals surface area contributed by atoms with Crippen molar-refractivity contribution in [3.05, 3.63) is 35.5 Å². The molecule has 13 heteroatoms. The van der Waals surface area contributed by atoms with Gasteiger partial charge in [0.2, 0.25) is 11.8 Å². The molecule has 1 aromatic heterocycles. The molecule has 2 aliphatic heterocycles. The van der Waals surface area contributed by atoms with Crippen molar-refractivity contribution in [3.63, 3.8) is 0 Å². The second-order valence-electron chi connectivity index (χ2n) is 13.8. The van der Waals surface area contributed by atoms with E-state index in [0.717, 1.165) is 44.1 Å². The van der Waals surface area contributed by atoms with Gasteiger partial charge >= 0.3 is 6.09 Å². The standard InChI is InChI=1S/C37H52N6O7/c1-5-7-20-49-37(48)42-18-16-41(17-19-42)36(47)33(25(4)6-2)40-34(45)29-22-31(27-14-13-24(3)21-28(27)39-29)50-23-32(44)43-15-9-12-30(43)35(46)38-26-10-8-11-26/h13-14,21-22,25-26,30,33H,5-12,15-20,23H2,1-4H3,(H,38,46)(H,40,45)/t25-,30?,33+/m1/s1. The van der Waals surface area contributed by atoms with Gasteiger partial charge < -0.3 is 34.8 Å². The van der Waals surface area contributed by atoms with E-state index in [-0.39, 0.29) is 48.1 Å². The Morgan fingerprint density at radius 3 is 2.38 bits per heavy atom. The predicted octanol–water partition coefficient (Wildman–Crippen LogP) is 3.81. The van der Waals surface area contributed by atoms with Crippen LogP contribution < -0.4 is 15.4 Å². The van der Waals surface area contributed by atoms with Gasteiger partial charge in [0.15, 0.2) is 6.61 Å². The van der Waals surface area contributed by atoms with Crippen LogP contribution in [-0.2, 0) is 19.1 Å². The van der Waals surface area contributed by atoms with Crippen molar-refractivity contribution in [2.75, 3.05) is 45.9 Å². The Hall–Kier alpha value is -4.42. The number of amides is 5. The van der Waals surface area contributed by atoms with Crippen molar-refractivity contribution in [3.8, 4) is 5.75 Å². The summed E-state index contributed by atoms with van der Waals surface area (Å²) >= 11 is 0. The lowest BCUT2D eigenvalue weighted by molar-refractivity contribution is -0.140. The number of aromatic nitrogens is 1. The van der Waals surface area contributed by atoms with Gasteiger partial charge in [-0.2, -0.15) is 0 Å². The number of carbonyl (C=O) groups excluding carboxylic acids is 5. The number of nitrogens with one attached hydrogen (secondary N) is 2. The van der Waals surface area contributed by atoms with Crippen molar-refractivity contribution in [1.29, 1.82) is 0 Å². The zero-order valence-electron chi connectivity index (χ0n) is 29.9. The minimum Gasteiger partial charge on any atom is -0.483 e. The van der Waals surface area contributed by atoms with Crippen LogP contribution in [0.4, 0.5) is 4.79 Å². The second kappa shape index (κ2) is 17.0.